The van der Waals surface area contributed by atoms with E-state index in [1.165, 1.54) is 12.8 Å². The Morgan fingerprint density at radius 1 is 1.11 bits per heavy atom. The second-order valence-electron chi connectivity index (χ2n) is 7.70. The van der Waals surface area contributed by atoms with E-state index in [4.69, 9.17) is 4.98 Å². The maximum Gasteiger partial charge on any atom is 0.228 e. The molecule has 1 saturated heterocycles. The number of pyridine rings is 1. The zero-order valence-electron chi connectivity index (χ0n) is 15.9. The smallest absolute Gasteiger partial charge is 0.228 e. The van der Waals surface area contributed by atoms with Crippen LogP contribution in [0.1, 0.15) is 55.7 Å². The lowest BCUT2D eigenvalue weighted by Crippen LogP contribution is -2.42. The molecule has 4 rings (SSSR count). The Morgan fingerprint density at radius 2 is 1.96 bits per heavy atom. The minimum Gasteiger partial charge on any atom is -0.342 e. The van der Waals surface area contributed by atoms with Crippen molar-refractivity contribution in [3.05, 3.63) is 41.9 Å². The van der Waals surface area contributed by atoms with Gasteiger partial charge in [-0.05, 0) is 50.3 Å². The van der Waals surface area contributed by atoms with Gasteiger partial charge in [0.25, 0.3) is 0 Å². The van der Waals surface area contributed by atoms with Crippen molar-refractivity contribution >= 4 is 17.7 Å². The molecule has 142 valence electrons. The van der Waals surface area contributed by atoms with Crippen molar-refractivity contribution in [2.75, 3.05) is 18.4 Å². The van der Waals surface area contributed by atoms with Crippen LogP contribution in [0.2, 0.25) is 0 Å². The van der Waals surface area contributed by atoms with Crippen molar-refractivity contribution in [2.24, 2.45) is 5.92 Å². The molecule has 0 radical (unpaired) electrons. The van der Waals surface area contributed by atoms with Gasteiger partial charge in [0.05, 0.1) is 5.69 Å². The van der Waals surface area contributed by atoms with E-state index in [0.29, 0.717) is 11.9 Å². The predicted molar refractivity (Wildman–Crippen MR) is 105 cm³/mol. The number of aromatic nitrogens is 3. The Kier molecular flexibility index (Phi) is 5.32. The van der Waals surface area contributed by atoms with Gasteiger partial charge in [-0.2, -0.15) is 0 Å². The van der Waals surface area contributed by atoms with Gasteiger partial charge >= 0.3 is 0 Å². The van der Waals surface area contributed by atoms with E-state index < -0.39 is 0 Å². The van der Waals surface area contributed by atoms with Crippen molar-refractivity contribution in [1.82, 2.24) is 19.9 Å². The third-order valence-corrected chi connectivity index (χ3v) is 5.77. The minimum absolute atomic E-state index is 0.249. The van der Waals surface area contributed by atoms with Gasteiger partial charge in [-0.3, -0.25) is 4.79 Å². The molecule has 1 atom stereocenters. The molecule has 1 saturated carbocycles. The lowest BCUT2D eigenvalue weighted by atomic mass is 9.93. The van der Waals surface area contributed by atoms with Gasteiger partial charge in [0.1, 0.15) is 5.82 Å². The summed E-state index contributed by atoms with van der Waals surface area (Å²) in [4.78, 5) is 28.3. The number of likely N-dealkylation sites (tertiary alicyclic amines) is 1. The monoisotopic (exact) mass is 365 g/mol. The van der Waals surface area contributed by atoms with E-state index in [1.54, 1.807) is 12.4 Å². The summed E-state index contributed by atoms with van der Waals surface area (Å²) in [5.41, 5.74) is 2.06. The maximum atomic E-state index is 12.8. The quantitative estimate of drug-likeness (QED) is 0.892. The second kappa shape index (κ2) is 8.03. The van der Waals surface area contributed by atoms with E-state index >= 15 is 0 Å². The van der Waals surface area contributed by atoms with Crippen molar-refractivity contribution in [3.8, 4) is 0 Å². The van der Waals surface area contributed by atoms with Crippen LogP contribution >= 0.6 is 0 Å². The number of nitrogens with zero attached hydrogens (tertiary/aromatic N) is 4. The lowest BCUT2D eigenvalue weighted by molar-refractivity contribution is -0.136. The summed E-state index contributed by atoms with van der Waals surface area (Å²) in [6.45, 7) is 3.66. The van der Waals surface area contributed by atoms with Gasteiger partial charge in [-0.1, -0.05) is 18.9 Å². The first-order valence-electron chi connectivity index (χ1n) is 10.0. The Bertz CT molecular complexity index is 803. The highest BCUT2D eigenvalue weighted by Crippen LogP contribution is 2.31. The Hall–Kier alpha value is -2.50. The van der Waals surface area contributed by atoms with Crippen LogP contribution in [0.3, 0.4) is 0 Å². The number of piperidine rings is 1. The van der Waals surface area contributed by atoms with Gasteiger partial charge in [-0.15, -0.1) is 0 Å². The molecule has 0 aromatic carbocycles. The van der Waals surface area contributed by atoms with Crippen LogP contribution in [-0.4, -0.2) is 38.8 Å². The Morgan fingerprint density at radius 3 is 2.78 bits per heavy atom. The molecule has 2 fully saturated rings. The number of aryl methyl sites for hydroxylation is 1. The number of nitrogens with one attached hydrogen (secondary N) is 1. The molecule has 6 heteroatoms. The molecule has 1 aliphatic carbocycles. The molecular formula is C21H27N5O. The lowest BCUT2D eigenvalue weighted by Gasteiger charge is -2.34. The van der Waals surface area contributed by atoms with E-state index in [1.807, 2.05) is 25.1 Å². The standard InChI is InChI=1S/C21H27N5O/c1-15-6-4-11-22-19(15)25-21-23-12-10-18(24-21)17-9-5-13-26(14-17)20(27)16-7-2-3-8-16/h4,6,10-12,16-17H,2-3,5,7-9,13-14H2,1H3,(H,22,23,24,25)/t17-/m1/s1. The molecule has 1 aliphatic heterocycles. The fourth-order valence-electron chi connectivity index (χ4n) is 4.23. The van der Waals surface area contributed by atoms with Crippen LogP contribution in [0, 0.1) is 12.8 Å². The summed E-state index contributed by atoms with van der Waals surface area (Å²) >= 11 is 0. The molecule has 2 aromatic heterocycles. The Labute approximate surface area is 160 Å². The zero-order chi connectivity index (χ0) is 18.6. The van der Waals surface area contributed by atoms with Gasteiger partial charge in [0.15, 0.2) is 0 Å². The van der Waals surface area contributed by atoms with Crippen LogP contribution in [0.5, 0.6) is 0 Å². The van der Waals surface area contributed by atoms with Crippen molar-refractivity contribution in [2.45, 2.75) is 51.4 Å². The highest BCUT2D eigenvalue weighted by molar-refractivity contribution is 5.79. The second-order valence-corrected chi connectivity index (χ2v) is 7.70. The summed E-state index contributed by atoms with van der Waals surface area (Å²) in [7, 11) is 0. The molecule has 1 N–H and O–H groups in total. The number of hydrogen-bond acceptors (Lipinski definition) is 5. The fraction of sp³-hybridized carbons (Fsp3) is 0.524. The van der Waals surface area contributed by atoms with Gasteiger partial charge in [-0.25, -0.2) is 15.0 Å². The number of amides is 1. The van der Waals surface area contributed by atoms with Gasteiger partial charge < -0.3 is 10.2 Å². The first-order valence-corrected chi connectivity index (χ1v) is 10.0. The summed E-state index contributed by atoms with van der Waals surface area (Å²) in [5, 5.41) is 3.22. The van der Waals surface area contributed by atoms with E-state index in [-0.39, 0.29) is 11.8 Å². The maximum absolute atomic E-state index is 12.8. The molecule has 3 heterocycles. The van der Waals surface area contributed by atoms with Crippen LogP contribution in [0.4, 0.5) is 11.8 Å². The molecule has 1 amide bonds. The summed E-state index contributed by atoms with van der Waals surface area (Å²) in [6.07, 6.45) is 10.2. The van der Waals surface area contributed by atoms with Gasteiger partial charge in [0.2, 0.25) is 11.9 Å². The largest absolute Gasteiger partial charge is 0.342 e. The molecule has 0 unspecified atom stereocenters. The average molecular weight is 365 g/mol. The zero-order valence-corrected chi connectivity index (χ0v) is 15.9. The first-order chi connectivity index (χ1) is 13.2. The normalized spacial score (nSPS) is 20.6. The van der Waals surface area contributed by atoms with Crippen molar-refractivity contribution in [1.29, 1.82) is 0 Å². The highest BCUT2D eigenvalue weighted by Gasteiger charge is 2.31. The SMILES string of the molecule is Cc1cccnc1Nc1nccc([C@@H]2CCCN(C(=O)C3CCCC3)C2)n1. The minimum atomic E-state index is 0.249. The van der Waals surface area contributed by atoms with Crippen LogP contribution < -0.4 is 5.32 Å². The molecule has 0 spiro atoms. The first kappa shape index (κ1) is 17.9. The molecule has 2 aliphatic rings. The fourth-order valence-corrected chi connectivity index (χ4v) is 4.23. The third kappa shape index (κ3) is 4.10. The number of carbonyl (C=O) groups is 1. The van der Waals surface area contributed by atoms with E-state index in [2.05, 4.69) is 20.2 Å². The highest BCUT2D eigenvalue weighted by atomic mass is 16.2. The summed E-state index contributed by atoms with van der Waals surface area (Å²) in [5.74, 6) is 2.22. The third-order valence-electron chi connectivity index (χ3n) is 5.77. The van der Waals surface area contributed by atoms with E-state index in [9.17, 15) is 4.79 Å². The summed E-state index contributed by atoms with van der Waals surface area (Å²) in [6, 6.07) is 5.90. The molecular weight excluding hydrogens is 338 g/mol. The Balaban J connectivity index is 1.46. The molecule has 2 aromatic rings. The van der Waals surface area contributed by atoms with Gasteiger partial charge in [0, 0.05) is 37.3 Å². The molecule has 0 bridgehead atoms. The average Bonchev–Trinajstić information content (AvgIpc) is 3.24. The molecule has 6 nitrogen and oxygen atoms in total. The number of carbonyl (C=O) groups excluding carboxylic acids is 1. The van der Waals surface area contributed by atoms with E-state index in [0.717, 1.165) is 55.8 Å². The number of anilines is 2. The molecule has 27 heavy (non-hydrogen) atoms. The summed E-state index contributed by atoms with van der Waals surface area (Å²) < 4.78 is 0. The van der Waals surface area contributed by atoms with Crippen LogP contribution in [0.15, 0.2) is 30.6 Å². The topological polar surface area (TPSA) is 71.0 Å². The van der Waals surface area contributed by atoms with Crippen LogP contribution in [-0.2, 0) is 4.79 Å². The number of rotatable bonds is 4. The van der Waals surface area contributed by atoms with Crippen LogP contribution in [0.25, 0.3) is 0 Å². The van der Waals surface area contributed by atoms with Crippen molar-refractivity contribution < 1.29 is 4.79 Å². The predicted octanol–water partition coefficient (Wildman–Crippen LogP) is 3.82. The number of hydrogen-bond donors (Lipinski definition) is 1. The van der Waals surface area contributed by atoms with Crippen molar-refractivity contribution in [3.63, 3.8) is 0 Å².